The number of benzene rings is 2. The number of carbonyl (C=O) groups is 1. The van der Waals surface area contributed by atoms with Gasteiger partial charge in [-0.2, -0.15) is 0 Å². The van der Waals surface area contributed by atoms with E-state index in [1.807, 2.05) is 12.1 Å². The molecule has 1 saturated carbocycles. The highest BCUT2D eigenvalue weighted by Crippen LogP contribution is 2.34. The van der Waals surface area contributed by atoms with Crippen molar-refractivity contribution in [3.05, 3.63) is 58.4 Å². The molecule has 0 heterocycles. The maximum Gasteiger partial charge on any atom is 0.171 e. The molecule has 1 aliphatic carbocycles. The van der Waals surface area contributed by atoms with Crippen molar-refractivity contribution in [2.45, 2.75) is 38.1 Å². The first-order valence-corrected chi connectivity index (χ1v) is 9.88. The van der Waals surface area contributed by atoms with Gasteiger partial charge < -0.3 is 15.4 Å². The van der Waals surface area contributed by atoms with E-state index in [-0.39, 0.29) is 23.6 Å². The molecule has 0 saturated heterocycles. The zero-order chi connectivity index (χ0) is 20.3. The molecular weight excluding hydrogens is 399 g/mol. The molecule has 0 aliphatic heterocycles. The summed E-state index contributed by atoms with van der Waals surface area (Å²) >= 11 is 11.4. The van der Waals surface area contributed by atoms with Gasteiger partial charge in [0.25, 0.3) is 0 Å². The molecule has 2 aromatic carbocycles. The monoisotopic (exact) mass is 420 g/mol. The van der Waals surface area contributed by atoms with Crippen molar-refractivity contribution in [3.8, 4) is 5.75 Å². The van der Waals surface area contributed by atoms with E-state index < -0.39 is 0 Å². The summed E-state index contributed by atoms with van der Waals surface area (Å²) in [6.07, 6.45) is 2.39. The van der Waals surface area contributed by atoms with E-state index >= 15 is 0 Å². The van der Waals surface area contributed by atoms with Crippen molar-refractivity contribution < 1.29 is 13.9 Å². The van der Waals surface area contributed by atoms with E-state index in [1.54, 1.807) is 32.2 Å². The van der Waals surface area contributed by atoms with Crippen LogP contribution in [0.2, 0.25) is 5.02 Å². The number of methoxy groups -OCH3 is 1. The average molecular weight is 421 g/mol. The molecule has 7 heteroatoms. The summed E-state index contributed by atoms with van der Waals surface area (Å²) in [7, 11) is 1.55. The molecule has 3 rings (SSSR count). The maximum atomic E-state index is 13.4. The lowest BCUT2D eigenvalue weighted by Crippen LogP contribution is -2.46. The number of anilines is 1. The molecule has 2 N–H and O–H groups in total. The van der Waals surface area contributed by atoms with E-state index in [9.17, 15) is 9.18 Å². The first kappa shape index (κ1) is 20.6. The molecule has 0 bridgehead atoms. The maximum absolute atomic E-state index is 13.4. The van der Waals surface area contributed by atoms with Gasteiger partial charge in [0.2, 0.25) is 0 Å². The molecule has 1 fully saturated rings. The molecular formula is C21H22ClFN2O2S. The Morgan fingerprint density at radius 3 is 2.75 bits per heavy atom. The summed E-state index contributed by atoms with van der Waals surface area (Å²) in [6.45, 7) is 1.69. The Kier molecular flexibility index (Phi) is 6.52. The van der Waals surface area contributed by atoms with E-state index in [4.69, 9.17) is 28.6 Å². The van der Waals surface area contributed by atoms with Crippen LogP contribution >= 0.6 is 23.8 Å². The van der Waals surface area contributed by atoms with Crippen LogP contribution in [0.15, 0.2) is 36.4 Å². The third-order valence-corrected chi connectivity index (χ3v) is 5.50. The topological polar surface area (TPSA) is 50.4 Å². The van der Waals surface area contributed by atoms with E-state index in [0.29, 0.717) is 33.6 Å². The molecule has 0 aromatic heterocycles. The van der Waals surface area contributed by atoms with Crippen molar-refractivity contribution in [1.82, 2.24) is 5.32 Å². The number of aryl methyl sites for hydroxylation is 1. The number of nitrogens with one attached hydrogen (secondary N) is 2. The van der Waals surface area contributed by atoms with Crippen LogP contribution in [0, 0.1) is 12.7 Å². The lowest BCUT2D eigenvalue weighted by atomic mass is 9.80. The summed E-state index contributed by atoms with van der Waals surface area (Å²) in [5, 5.41) is 7.00. The molecule has 4 nitrogen and oxygen atoms in total. The number of ether oxygens (including phenoxy) is 1. The van der Waals surface area contributed by atoms with Crippen LogP contribution in [0.1, 0.15) is 36.3 Å². The minimum atomic E-state index is -0.373. The molecule has 2 unspecified atom stereocenters. The number of hydrogen-bond acceptors (Lipinski definition) is 3. The van der Waals surface area contributed by atoms with Gasteiger partial charge in [0.05, 0.1) is 18.2 Å². The van der Waals surface area contributed by atoms with Gasteiger partial charge in [0.15, 0.2) is 10.9 Å². The molecule has 0 amide bonds. The molecule has 148 valence electrons. The normalized spacial score (nSPS) is 19.2. The fourth-order valence-corrected chi connectivity index (χ4v) is 3.92. The first-order valence-electron chi connectivity index (χ1n) is 9.10. The first-order chi connectivity index (χ1) is 13.4. The van der Waals surface area contributed by atoms with E-state index in [0.717, 1.165) is 18.4 Å². The van der Waals surface area contributed by atoms with Crippen molar-refractivity contribution in [1.29, 1.82) is 0 Å². The van der Waals surface area contributed by atoms with Crippen molar-refractivity contribution in [2.75, 3.05) is 12.4 Å². The van der Waals surface area contributed by atoms with Gasteiger partial charge in [-0.25, -0.2) is 4.39 Å². The molecule has 0 radical (unpaired) electrons. The highest BCUT2D eigenvalue weighted by Gasteiger charge is 2.33. The highest BCUT2D eigenvalue weighted by atomic mass is 35.5. The largest absolute Gasteiger partial charge is 0.495 e. The Morgan fingerprint density at radius 2 is 2.04 bits per heavy atom. The van der Waals surface area contributed by atoms with Crippen LogP contribution in [0.5, 0.6) is 5.75 Å². The van der Waals surface area contributed by atoms with Gasteiger partial charge >= 0.3 is 0 Å². The lowest BCUT2D eigenvalue weighted by Gasteiger charge is -2.29. The number of ketones is 1. The summed E-state index contributed by atoms with van der Waals surface area (Å²) in [5.74, 6) is 0.155. The Bertz CT molecular complexity index is 906. The van der Waals surface area contributed by atoms with Crippen LogP contribution in [-0.4, -0.2) is 24.0 Å². The standard InChI is InChI=1S/C21H22ClFN2O2S/c1-12-10-14(7-9-17(12)23)24-21(28)25-18-5-3-4-15(20(18)26)13-6-8-16(22)19(11-13)27-2/h6-11,15,18H,3-5H2,1-2H3,(H2,24,25,28). The molecule has 2 atom stereocenters. The van der Waals surface area contributed by atoms with Crippen molar-refractivity contribution in [2.24, 2.45) is 0 Å². The Balaban J connectivity index is 1.68. The van der Waals surface area contributed by atoms with Crippen LogP contribution in [-0.2, 0) is 4.79 Å². The van der Waals surface area contributed by atoms with Crippen LogP contribution in [0.25, 0.3) is 0 Å². The third-order valence-electron chi connectivity index (χ3n) is 4.97. The third kappa shape index (κ3) is 4.62. The van der Waals surface area contributed by atoms with Gasteiger partial charge in [-0.15, -0.1) is 0 Å². The lowest BCUT2D eigenvalue weighted by molar-refractivity contribution is -0.123. The fourth-order valence-electron chi connectivity index (χ4n) is 3.47. The van der Waals surface area contributed by atoms with Crippen LogP contribution in [0.3, 0.4) is 0 Å². The number of Topliss-reactive ketones (excluding diaryl/α,β-unsaturated/α-hetero) is 1. The van der Waals surface area contributed by atoms with Gasteiger partial charge in [0, 0.05) is 11.6 Å². The molecule has 28 heavy (non-hydrogen) atoms. The number of halogens is 2. The molecule has 2 aromatic rings. The predicted molar refractivity (Wildman–Crippen MR) is 114 cm³/mol. The van der Waals surface area contributed by atoms with Gasteiger partial charge in [-0.3, -0.25) is 4.79 Å². The number of thiocarbonyl (C=S) groups is 1. The van der Waals surface area contributed by atoms with Crippen LogP contribution < -0.4 is 15.4 Å². The van der Waals surface area contributed by atoms with Gasteiger partial charge in [-0.05, 0) is 79.9 Å². The molecule has 0 spiro atoms. The highest BCUT2D eigenvalue weighted by molar-refractivity contribution is 7.80. The summed E-state index contributed by atoms with van der Waals surface area (Å²) < 4.78 is 18.7. The minimum absolute atomic E-state index is 0.0927. The second-order valence-corrected chi connectivity index (χ2v) is 7.71. The van der Waals surface area contributed by atoms with Crippen LogP contribution in [0.4, 0.5) is 10.1 Å². The Morgan fingerprint density at radius 1 is 1.25 bits per heavy atom. The number of rotatable bonds is 4. The number of carbonyl (C=O) groups excluding carboxylic acids is 1. The minimum Gasteiger partial charge on any atom is -0.495 e. The zero-order valence-electron chi connectivity index (χ0n) is 15.7. The summed E-state index contributed by atoms with van der Waals surface area (Å²) in [6, 6.07) is 9.75. The average Bonchev–Trinajstić information content (AvgIpc) is 2.67. The van der Waals surface area contributed by atoms with E-state index in [2.05, 4.69) is 10.6 Å². The van der Waals surface area contributed by atoms with Crippen molar-refractivity contribution in [3.63, 3.8) is 0 Å². The Labute approximate surface area is 174 Å². The fraction of sp³-hybridized carbons (Fsp3) is 0.333. The summed E-state index contributed by atoms with van der Waals surface area (Å²) in [5.41, 5.74) is 2.10. The van der Waals surface area contributed by atoms with Gasteiger partial charge in [-0.1, -0.05) is 17.7 Å². The second-order valence-electron chi connectivity index (χ2n) is 6.89. The van der Waals surface area contributed by atoms with E-state index in [1.165, 1.54) is 6.07 Å². The molecule has 1 aliphatic rings. The summed E-state index contributed by atoms with van der Waals surface area (Å²) in [4.78, 5) is 13.0. The second kappa shape index (κ2) is 8.88. The Hall–Kier alpha value is -2.18. The predicted octanol–water partition coefficient (Wildman–Crippen LogP) is 4.99. The zero-order valence-corrected chi connectivity index (χ0v) is 17.3. The SMILES string of the molecule is COc1cc(C2CCCC(NC(=S)Nc3ccc(F)c(C)c3)C2=O)ccc1Cl. The van der Waals surface area contributed by atoms with Gasteiger partial charge in [0.1, 0.15) is 11.6 Å². The smallest absolute Gasteiger partial charge is 0.171 e. The van der Waals surface area contributed by atoms with Crippen molar-refractivity contribution >= 4 is 40.4 Å². The quantitative estimate of drug-likeness (QED) is 0.682. The number of hydrogen-bond donors (Lipinski definition) is 2.